The van der Waals surface area contributed by atoms with E-state index < -0.39 is 0 Å². The second kappa shape index (κ2) is 13.7. The van der Waals surface area contributed by atoms with Crippen LogP contribution in [0.25, 0.3) is 31.8 Å². The van der Waals surface area contributed by atoms with Crippen molar-refractivity contribution in [3.05, 3.63) is 155 Å². The van der Waals surface area contributed by atoms with E-state index in [1.165, 1.54) is 58.6 Å². The van der Waals surface area contributed by atoms with Crippen LogP contribution in [0.5, 0.6) is 0 Å². The van der Waals surface area contributed by atoms with Crippen molar-refractivity contribution in [2.24, 2.45) is 0 Å². The van der Waals surface area contributed by atoms with Gasteiger partial charge in [-0.3, -0.25) is 0 Å². The summed E-state index contributed by atoms with van der Waals surface area (Å²) in [6.45, 7) is 12.0. The lowest BCUT2D eigenvalue weighted by Crippen LogP contribution is -1.87. The van der Waals surface area contributed by atoms with Crippen molar-refractivity contribution in [3.63, 3.8) is 0 Å². The molecule has 4 aromatic rings. The van der Waals surface area contributed by atoms with Crippen LogP contribution in [0.4, 0.5) is 0 Å². The van der Waals surface area contributed by atoms with Gasteiger partial charge in [0.25, 0.3) is 0 Å². The van der Waals surface area contributed by atoms with E-state index in [2.05, 4.69) is 128 Å². The zero-order chi connectivity index (χ0) is 27.9. The first-order valence-corrected chi connectivity index (χ1v) is 16.6. The lowest BCUT2D eigenvalue weighted by molar-refractivity contribution is 1.44. The first-order chi connectivity index (χ1) is 19.6. The molecule has 0 saturated carbocycles. The van der Waals surface area contributed by atoms with E-state index in [0.717, 1.165) is 10.6 Å². The molecule has 0 amide bonds. The number of aryl methyl sites for hydroxylation is 2. The van der Waals surface area contributed by atoms with Crippen molar-refractivity contribution < 1.29 is 0 Å². The lowest BCUT2D eigenvalue weighted by atomic mass is 10.1. The van der Waals surface area contributed by atoms with E-state index >= 15 is 0 Å². The predicted molar refractivity (Wildman–Crippen MR) is 187 cm³/mol. The number of thioether (sulfide) groups is 2. The molecule has 2 aliphatic heterocycles. The van der Waals surface area contributed by atoms with Gasteiger partial charge in [-0.2, -0.15) is 4.13 Å². The molecule has 40 heavy (non-hydrogen) atoms. The van der Waals surface area contributed by atoms with E-state index in [9.17, 15) is 0 Å². The topological polar surface area (TPSA) is 12.0 Å². The quantitative estimate of drug-likeness (QED) is 0.222. The van der Waals surface area contributed by atoms with Gasteiger partial charge in [-0.15, -0.1) is 23.5 Å². The third kappa shape index (κ3) is 6.56. The van der Waals surface area contributed by atoms with Crippen molar-refractivity contribution in [2.75, 3.05) is 5.08 Å². The van der Waals surface area contributed by atoms with Gasteiger partial charge in [-0.25, -0.2) is 0 Å². The highest BCUT2D eigenvalue weighted by atomic mass is 32.2. The van der Waals surface area contributed by atoms with E-state index in [-0.39, 0.29) is 0 Å². The van der Waals surface area contributed by atoms with Crippen LogP contribution in [0.15, 0.2) is 110 Å². The Morgan fingerprint density at radius 2 is 1.00 bits per heavy atom. The maximum atomic E-state index is 3.81. The fourth-order valence-electron chi connectivity index (χ4n) is 4.45. The molecule has 0 aromatic heterocycles. The molecule has 0 spiro atoms. The molecule has 2 heterocycles. The van der Waals surface area contributed by atoms with Crippen molar-refractivity contribution >= 4 is 79.2 Å². The zero-order valence-corrected chi connectivity index (χ0v) is 25.9. The summed E-state index contributed by atoms with van der Waals surface area (Å²) in [5, 5.41) is 1.10. The SMILES string of the molecule is C=Cc1ccc(C2=C(c3ccccc3C)SCS2)cc1.C=Cc1ccc(C2=C(c3ccccc3C)SNS2)cc1. The van der Waals surface area contributed by atoms with E-state index in [1.54, 1.807) is 23.9 Å². The number of rotatable bonds is 6. The summed E-state index contributed by atoms with van der Waals surface area (Å²) in [5.41, 5.74) is 10.2. The van der Waals surface area contributed by atoms with Crippen LogP contribution in [-0.2, 0) is 0 Å². The van der Waals surface area contributed by atoms with Crippen LogP contribution in [0.3, 0.4) is 0 Å². The van der Waals surface area contributed by atoms with E-state index in [0.29, 0.717) is 0 Å². The molecular weight excluding hydrogens is 563 g/mol. The summed E-state index contributed by atoms with van der Waals surface area (Å²) in [5.74, 6) is 0. The van der Waals surface area contributed by atoms with Gasteiger partial charge in [0.1, 0.15) is 0 Å². The maximum Gasteiger partial charge on any atom is 0.0488 e. The molecule has 1 nitrogen and oxygen atoms in total. The molecule has 0 fully saturated rings. The third-order valence-electron chi connectivity index (χ3n) is 6.70. The molecule has 0 unspecified atom stereocenters. The Balaban J connectivity index is 0.000000161. The summed E-state index contributed by atoms with van der Waals surface area (Å²) >= 11 is 7.26. The van der Waals surface area contributed by atoms with E-state index in [1.807, 2.05) is 35.7 Å². The highest BCUT2D eigenvalue weighted by Gasteiger charge is 2.21. The molecule has 0 bridgehead atoms. The summed E-state index contributed by atoms with van der Waals surface area (Å²) in [6.07, 6.45) is 3.76. The molecule has 0 radical (unpaired) electrons. The van der Waals surface area contributed by atoms with Gasteiger partial charge >= 0.3 is 0 Å². The average molecular weight is 594 g/mol. The Bertz CT molecular complexity index is 1460. The fraction of sp³-hybridized carbons (Fsp3) is 0.0857. The molecule has 2 aliphatic rings. The van der Waals surface area contributed by atoms with Crippen molar-refractivity contribution in [1.82, 2.24) is 4.13 Å². The Hall–Kier alpha value is -2.80. The normalized spacial score (nSPS) is 14.7. The van der Waals surface area contributed by atoms with Crippen LogP contribution in [-0.4, -0.2) is 5.08 Å². The second-order valence-corrected chi connectivity index (χ2v) is 13.5. The van der Waals surface area contributed by atoms with E-state index in [4.69, 9.17) is 0 Å². The first-order valence-electron chi connectivity index (χ1n) is 13.0. The summed E-state index contributed by atoms with van der Waals surface area (Å²) in [4.78, 5) is 5.42. The summed E-state index contributed by atoms with van der Waals surface area (Å²) < 4.78 is 3.31. The predicted octanol–water partition coefficient (Wildman–Crippen LogP) is 11.3. The summed E-state index contributed by atoms with van der Waals surface area (Å²) in [6, 6.07) is 34.3. The molecule has 6 rings (SSSR count). The minimum atomic E-state index is 1.10. The molecule has 5 heteroatoms. The minimum absolute atomic E-state index is 1.10. The molecule has 200 valence electrons. The monoisotopic (exact) mass is 593 g/mol. The van der Waals surface area contributed by atoms with Crippen LogP contribution in [0, 0.1) is 13.8 Å². The average Bonchev–Trinajstić information content (AvgIpc) is 3.69. The Kier molecular flexibility index (Phi) is 9.84. The highest BCUT2D eigenvalue weighted by Crippen LogP contribution is 2.50. The maximum absolute atomic E-state index is 3.81. The van der Waals surface area contributed by atoms with Crippen molar-refractivity contribution in [1.29, 1.82) is 0 Å². The van der Waals surface area contributed by atoms with Gasteiger partial charge in [0.2, 0.25) is 0 Å². The van der Waals surface area contributed by atoms with Crippen LogP contribution in [0.2, 0.25) is 0 Å². The molecular formula is C35H31NS4. The smallest absolute Gasteiger partial charge is 0.0488 e. The van der Waals surface area contributed by atoms with Gasteiger partial charge in [0.15, 0.2) is 0 Å². The molecule has 0 saturated heterocycles. The number of nitrogens with one attached hydrogen (secondary N) is 1. The molecule has 0 atom stereocenters. The third-order valence-corrected chi connectivity index (χ3v) is 11.3. The number of hydrogen-bond acceptors (Lipinski definition) is 5. The van der Waals surface area contributed by atoms with Crippen molar-refractivity contribution in [2.45, 2.75) is 13.8 Å². The van der Waals surface area contributed by atoms with Gasteiger partial charge in [-0.1, -0.05) is 122 Å². The minimum Gasteiger partial charge on any atom is -0.199 e. The van der Waals surface area contributed by atoms with Crippen LogP contribution >= 0.6 is 47.4 Å². The van der Waals surface area contributed by atoms with Crippen LogP contribution < -0.4 is 4.13 Å². The van der Waals surface area contributed by atoms with Crippen LogP contribution in [0.1, 0.15) is 44.5 Å². The first kappa shape index (κ1) is 28.7. The van der Waals surface area contributed by atoms with Gasteiger partial charge in [0, 0.05) is 24.7 Å². The standard InChI is InChI=1S/C18H16S2.C17H15NS2/c1-3-14-8-10-15(11-9-14)17-18(20-12-19-17)16-7-5-4-6-13(16)2;1-3-13-8-10-14(11-9-13)16-17(20-18-19-16)15-7-5-4-6-12(15)2/h3-11H,1,12H2,2H3;3-11,18H,1H2,2H3. The highest BCUT2D eigenvalue weighted by molar-refractivity contribution is 8.28. The fourth-order valence-corrected chi connectivity index (χ4v) is 9.25. The molecule has 4 aromatic carbocycles. The Labute approximate surface area is 255 Å². The number of benzene rings is 4. The zero-order valence-electron chi connectivity index (χ0n) is 22.6. The van der Waals surface area contributed by atoms with Gasteiger partial charge in [0.05, 0.1) is 0 Å². The van der Waals surface area contributed by atoms with Crippen molar-refractivity contribution in [3.8, 4) is 0 Å². The Morgan fingerprint density at radius 3 is 1.52 bits per heavy atom. The summed E-state index contributed by atoms with van der Waals surface area (Å²) in [7, 11) is 0. The van der Waals surface area contributed by atoms with Gasteiger partial charge in [-0.05, 0) is 82.3 Å². The molecule has 1 N–H and O–H groups in total. The Morgan fingerprint density at radius 1 is 0.550 bits per heavy atom. The largest absolute Gasteiger partial charge is 0.199 e. The second-order valence-electron chi connectivity index (χ2n) is 9.29. The lowest BCUT2D eigenvalue weighted by Gasteiger charge is -2.09. The van der Waals surface area contributed by atoms with Gasteiger partial charge < -0.3 is 0 Å². The molecule has 0 aliphatic carbocycles. The number of hydrogen-bond donors (Lipinski definition) is 1.